The first-order valence-electron chi connectivity index (χ1n) is 13.3. The topological polar surface area (TPSA) is 82.9 Å². The molecule has 6 rings (SSSR count). The molecular weight excluding hydrogens is 512 g/mol. The number of para-hydroxylation sites is 1. The summed E-state index contributed by atoms with van der Waals surface area (Å²) in [5, 5.41) is 13.5. The zero-order chi connectivity index (χ0) is 27.8. The predicted octanol–water partition coefficient (Wildman–Crippen LogP) is 4.37. The molecule has 1 fully saturated rings. The standard InChI is InChI=1S/C30H29F2N7O/c1-19-15-20(2)27-22(16-19)17-24(30(40)33-27)28(29-34-35-36-39(29)18-21-7-9-23(31)10-8-21)38-13-11-37(12-14-38)26-6-4-3-5-25(26)32/h3-10,15-17,28H,11-14,18H2,1-2H3,(H,33,40)/t28-/m0/s1. The predicted molar refractivity (Wildman–Crippen MR) is 149 cm³/mol. The first-order chi connectivity index (χ1) is 19.4. The molecule has 0 bridgehead atoms. The van der Waals surface area contributed by atoms with Gasteiger partial charge in [0.2, 0.25) is 0 Å². The van der Waals surface area contributed by atoms with E-state index in [4.69, 9.17) is 0 Å². The highest BCUT2D eigenvalue weighted by Crippen LogP contribution is 2.30. The van der Waals surface area contributed by atoms with Crippen molar-refractivity contribution in [2.45, 2.75) is 26.4 Å². The van der Waals surface area contributed by atoms with Crippen LogP contribution in [0.3, 0.4) is 0 Å². The number of anilines is 1. The van der Waals surface area contributed by atoms with Gasteiger partial charge in [0.15, 0.2) is 5.82 Å². The van der Waals surface area contributed by atoms with Gasteiger partial charge >= 0.3 is 0 Å². The zero-order valence-electron chi connectivity index (χ0n) is 22.3. The van der Waals surface area contributed by atoms with Crippen LogP contribution < -0.4 is 10.5 Å². The van der Waals surface area contributed by atoms with Crippen LogP contribution in [-0.2, 0) is 6.54 Å². The number of benzene rings is 3. The number of hydrogen-bond acceptors (Lipinski definition) is 6. The number of aromatic nitrogens is 5. The van der Waals surface area contributed by atoms with Crippen LogP contribution in [0.5, 0.6) is 0 Å². The number of fused-ring (bicyclic) bond motifs is 1. The highest BCUT2D eigenvalue weighted by molar-refractivity contribution is 5.83. The lowest BCUT2D eigenvalue weighted by atomic mass is 10.00. The Morgan fingerprint density at radius 1 is 0.950 bits per heavy atom. The Morgan fingerprint density at radius 2 is 1.70 bits per heavy atom. The van der Waals surface area contributed by atoms with Crippen molar-refractivity contribution in [3.8, 4) is 0 Å². The quantitative estimate of drug-likeness (QED) is 0.344. The van der Waals surface area contributed by atoms with Crippen molar-refractivity contribution >= 4 is 16.6 Å². The zero-order valence-corrected chi connectivity index (χ0v) is 22.3. The minimum atomic E-state index is -0.549. The van der Waals surface area contributed by atoms with E-state index < -0.39 is 6.04 Å². The molecule has 2 aromatic heterocycles. The lowest BCUT2D eigenvalue weighted by Gasteiger charge is -2.39. The molecule has 0 radical (unpaired) electrons. The molecule has 8 nitrogen and oxygen atoms in total. The number of aryl methyl sites for hydroxylation is 2. The molecule has 1 aliphatic heterocycles. The Bertz CT molecular complexity index is 1720. The first-order valence-corrected chi connectivity index (χ1v) is 13.3. The summed E-state index contributed by atoms with van der Waals surface area (Å²) in [6, 6.07) is 18.4. The average molecular weight is 542 g/mol. The van der Waals surface area contributed by atoms with Crippen LogP contribution in [0.25, 0.3) is 10.9 Å². The third-order valence-corrected chi connectivity index (χ3v) is 7.54. The van der Waals surface area contributed by atoms with Gasteiger partial charge in [0.1, 0.15) is 17.7 Å². The molecule has 204 valence electrons. The molecule has 1 saturated heterocycles. The van der Waals surface area contributed by atoms with Crippen molar-refractivity contribution in [3.05, 3.63) is 117 Å². The summed E-state index contributed by atoms with van der Waals surface area (Å²) >= 11 is 0. The van der Waals surface area contributed by atoms with Gasteiger partial charge in [-0.25, -0.2) is 13.5 Å². The van der Waals surface area contributed by atoms with Crippen molar-refractivity contribution in [3.63, 3.8) is 0 Å². The Labute approximate surface area is 229 Å². The normalized spacial score (nSPS) is 15.1. The molecule has 0 aliphatic carbocycles. The number of tetrazole rings is 1. The van der Waals surface area contributed by atoms with Crippen molar-refractivity contribution in [2.24, 2.45) is 0 Å². The molecule has 40 heavy (non-hydrogen) atoms. The summed E-state index contributed by atoms with van der Waals surface area (Å²) in [4.78, 5) is 20.9. The number of nitrogens with one attached hydrogen (secondary N) is 1. The highest BCUT2D eigenvalue weighted by Gasteiger charge is 2.33. The lowest BCUT2D eigenvalue weighted by Crippen LogP contribution is -2.49. The second kappa shape index (κ2) is 10.6. The van der Waals surface area contributed by atoms with Crippen LogP contribution in [0.15, 0.2) is 71.5 Å². The fraction of sp³-hybridized carbons (Fsp3) is 0.267. The second-order valence-electron chi connectivity index (χ2n) is 10.3. The average Bonchev–Trinajstić information content (AvgIpc) is 3.39. The molecule has 1 atom stereocenters. The van der Waals surface area contributed by atoms with Gasteiger partial charge in [-0.05, 0) is 77.2 Å². The number of H-pyrrole nitrogens is 1. The Kier molecular flexibility index (Phi) is 6.85. The van der Waals surface area contributed by atoms with Crippen molar-refractivity contribution in [2.75, 3.05) is 31.1 Å². The van der Waals surface area contributed by atoms with E-state index >= 15 is 0 Å². The summed E-state index contributed by atoms with van der Waals surface area (Å²) < 4.78 is 29.7. The fourth-order valence-electron chi connectivity index (χ4n) is 5.62. The van der Waals surface area contributed by atoms with Gasteiger partial charge in [0, 0.05) is 31.7 Å². The molecule has 0 amide bonds. The van der Waals surface area contributed by atoms with E-state index in [0.29, 0.717) is 49.8 Å². The monoisotopic (exact) mass is 541 g/mol. The summed E-state index contributed by atoms with van der Waals surface area (Å²) in [6.07, 6.45) is 0. The number of pyridine rings is 1. The fourth-order valence-corrected chi connectivity index (χ4v) is 5.62. The lowest BCUT2D eigenvalue weighted by molar-refractivity contribution is 0.200. The van der Waals surface area contributed by atoms with Gasteiger partial charge in [-0.3, -0.25) is 9.69 Å². The largest absolute Gasteiger partial charge is 0.367 e. The Morgan fingerprint density at radius 3 is 2.45 bits per heavy atom. The summed E-state index contributed by atoms with van der Waals surface area (Å²) in [5.41, 5.74) is 4.61. The molecule has 10 heteroatoms. The highest BCUT2D eigenvalue weighted by atomic mass is 19.1. The van der Waals surface area contributed by atoms with Gasteiger partial charge in [-0.15, -0.1) is 5.10 Å². The van der Waals surface area contributed by atoms with Crippen molar-refractivity contribution in [1.29, 1.82) is 0 Å². The molecule has 0 unspecified atom stereocenters. The van der Waals surface area contributed by atoms with E-state index in [1.54, 1.807) is 28.9 Å². The number of piperazine rings is 1. The van der Waals surface area contributed by atoms with Gasteiger partial charge in [0.25, 0.3) is 5.56 Å². The number of aromatic amines is 1. The van der Waals surface area contributed by atoms with Crippen LogP contribution in [0.4, 0.5) is 14.5 Å². The SMILES string of the molecule is Cc1cc(C)c2[nH]c(=O)c([C@@H](c3nnnn3Cc3ccc(F)cc3)N3CCN(c4ccccc4F)CC3)cc2c1. The minimum Gasteiger partial charge on any atom is -0.367 e. The van der Waals surface area contributed by atoms with Crippen LogP contribution in [0.1, 0.15) is 34.1 Å². The number of nitrogens with zero attached hydrogens (tertiary/aromatic N) is 6. The molecule has 1 N–H and O–H groups in total. The third kappa shape index (κ3) is 4.98. The van der Waals surface area contributed by atoms with Gasteiger partial charge < -0.3 is 9.88 Å². The van der Waals surface area contributed by atoms with E-state index in [2.05, 4.69) is 31.5 Å². The molecule has 0 saturated carbocycles. The maximum atomic E-state index is 14.5. The van der Waals surface area contributed by atoms with E-state index in [0.717, 1.165) is 27.6 Å². The second-order valence-corrected chi connectivity index (χ2v) is 10.3. The molecule has 3 aromatic carbocycles. The minimum absolute atomic E-state index is 0.211. The van der Waals surface area contributed by atoms with Gasteiger partial charge in [-0.2, -0.15) is 0 Å². The molecule has 1 aliphatic rings. The van der Waals surface area contributed by atoms with Crippen LogP contribution in [0, 0.1) is 25.5 Å². The number of hydrogen-bond donors (Lipinski definition) is 1. The number of rotatable bonds is 6. The summed E-state index contributed by atoms with van der Waals surface area (Å²) in [7, 11) is 0. The van der Waals surface area contributed by atoms with Crippen molar-refractivity contribution < 1.29 is 8.78 Å². The first kappa shape index (κ1) is 25.8. The molecule has 5 aromatic rings. The van der Waals surface area contributed by atoms with Crippen LogP contribution in [-0.4, -0.2) is 56.3 Å². The molecule has 0 spiro atoms. The van der Waals surface area contributed by atoms with Crippen LogP contribution >= 0.6 is 0 Å². The maximum absolute atomic E-state index is 14.5. The third-order valence-electron chi connectivity index (χ3n) is 7.54. The smallest absolute Gasteiger partial charge is 0.253 e. The van der Waals surface area contributed by atoms with E-state index in [9.17, 15) is 13.6 Å². The number of halogens is 2. The van der Waals surface area contributed by atoms with E-state index in [1.807, 2.05) is 36.9 Å². The summed E-state index contributed by atoms with van der Waals surface area (Å²) in [6.45, 7) is 6.59. The Hall–Kier alpha value is -4.44. The van der Waals surface area contributed by atoms with Gasteiger partial charge in [0.05, 0.1) is 17.7 Å². The van der Waals surface area contributed by atoms with E-state index in [1.165, 1.54) is 18.2 Å². The van der Waals surface area contributed by atoms with Crippen LogP contribution in [0.2, 0.25) is 0 Å². The molecular formula is C30H29F2N7O. The summed E-state index contributed by atoms with van der Waals surface area (Å²) in [5.74, 6) is -0.0649. The van der Waals surface area contributed by atoms with E-state index in [-0.39, 0.29) is 17.2 Å². The van der Waals surface area contributed by atoms with Gasteiger partial charge in [-0.1, -0.05) is 35.9 Å². The van der Waals surface area contributed by atoms with Crippen molar-refractivity contribution in [1.82, 2.24) is 30.1 Å². The maximum Gasteiger partial charge on any atom is 0.253 e. The Balaban J connectivity index is 1.41. The molecule has 3 heterocycles.